The second-order valence-electron chi connectivity index (χ2n) is 6.70. The lowest BCUT2D eigenvalue weighted by Crippen LogP contribution is -2.48. The Morgan fingerprint density at radius 2 is 2.00 bits per heavy atom. The summed E-state index contributed by atoms with van der Waals surface area (Å²) in [6.07, 6.45) is 8.15. The minimum atomic E-state index is 0.229. The van der Waals surface area contributed by atoms with Crippen LogP contribution >= 0.6 is 0 Å². The van der Waals surface area contributed by atoms with Gasteiger partial charge in [-0.1, -0.05) is 12.5 Å². The van der Waals surface area contributed by atoms with E-state index < -0.39 is 0 Å². The van der Waals surface area contributed by atoms with E-state index in [2.05, 4.69) is 22.0 Å². The standard InChI is InChI=1S/C18H27N3O/c1-15(22)20-12-8-16(9-13-20)18-7-3-5-11-21(18)14-17-6-2-4-10-19-17/h2,4,6,10,16,18H,3,5,7-9,11-14H2,1H3/t18-/m0/s1. The highest BCUT2D eigenvalue weighted by atomic mass is 16.2. The van der Waals surface area contributed by atoms with Gasteiger partial charge < -0.3 is 4.90 Å². The molecule has 0 N–H and O–H groups in total. The summed E-state index contributed by atoms with van der Waals surface area (Å²) in [4.78, 5) is 20.6. The van der Waals surface area contributed by atoms with Crippen molar-refractivity contribution in [3.05, 3.63) is 30.1 Å². The molecule has 2 fully saturated rings. The summed E-state index contributed by atoms with van der Waals surface area (Å²) in [5, 5.41) is 0. The quantitative estimate of drug-likeness (QED) is 0.861. The minimum absolute atomic E-state index is 0.229. The van der Waals surface area contributed by atoms with Crippen molar-refractivity contribution in [2.75, 3.05) is 19.6 Å². The van der Waals surface area contributed by atoms with Crippen molar-refractivity contribution < 1.29 is 4.79 Å². The molecule has 1 aromatic rings. The molecule has 0 bridgehead atoms. The van der Waals surface area contributed by atoms with Gasteiger partial charge in [-0.3, -0.25) is 14.7 Å². The Balaban J connectivity index is 1.62. The molecule has 0 radical (unpaired) electrons. The van der Waals surface area contributed by atoms with Gasteiger partial charge in [0.25, 0.3) is 0 Å². The number of hydrogen-bond donors (Lipinski definition) is 0. The summed E-state index contributed by atoms with van der Waals surface area (Å²) in [5.74, 6) is 0.965. The van der Waals surface area contributed by atoms with Crippen LogP contribution in [-0.4, -0.2) is 46.4 Å². The van der Waals surface area contributed by atoms with Crippen LogP contribution in [0, 0.1) is 5.92 Å². The maximum Gasteiger partial charge on any atom is 0.219 e. The third-order valence-electron chi connectivity index (χ3n) is 5.28. The largest absolute Gasteiger partial charge is 0.343 e. The van der Waals surface area contributed by atoms with E-state index in [1.165, 1.54) is 31.5 Å². The van der Waals surface area contributed by atoms with Crippen LogP contribution in [0.4, 0.5) is 0 Å². The molecule has 0 saturated carbocycles. The van der Waals surface area contributed by atoms with Gasteiger partial charge in [0.15, 0.2) is 0 Å². The summed E-state index contributed by atoms with van der Waals surface area (Å²) in [7, 11) is 0. The topological polar surface area (TPSA) is 36.4 Å². The van der Waals surface area contributed by atoms with Crippen molar-refractivity contribution in [2.24, 2.45) is 5.92 Å². The van der Waals surface area contributed by atoms with Crippen LogP contribution in [0.25, 0.3) is 0 Å². The van der Waals surface area contributed by atoms with E-state index in [0.29, 0.717) is 6.04 Å². The van der Waals surface area contributed by atoms with Crippen LogP contribution in [0.15, 0.2) is 24.4 Å². The van der Waals surface area contributed by atoms with E-state index in [1.54, 1.807) is 6.92 Å². The lowest BCUT2D eigenvalue weighted by atomic mass is 9.83. The molecule has 0 aromatic carbocycles. The first-order valence-electron chi connectivity index (χ1n) is 8.63. The van der Waals surface area contributed by atoms with Crippen LogP contribution in [0.1, 0.15) is 44.7 Å². The smallest absolute Gasteiger partial charge is 0.219 e. The van der Waals surface area contributed by atoms with Gasteiger partial charge >= 0.3 is 0 Å². The number of piperidine rings is 2. The number of carbonyl (C=O) groups is 1. The number of pyridine rings is 1. The molecule has 0 spiro atoms. The van der Waals surface area contributed by atoms with Gasteiger partial charge in [-0.05, 0) is 50.3 Å². The zero-order valence-electron chi connectivity index (χ0n) is 13.6. The Labute approximate surface area is 133 Å². The molecule has 0 unspecified atom stereocenters. The molecule has 2 aliphatic heterocycles. The molecule has 1 amide bonds. The zero-order chi connectivity index (χ0) is 15.4. The van der Waals surface area contributed by atoms with Crippen molar-refractivity contribution >= 4 is 5.91 Å². The second-order valence-corrected chi connectivity index (χ2v) is 6.70. The highest BCUT2D eigenvalue weighted by Gasteiger charge is 2.32. The fourth-order valence-electron chi connectivity index (χ4n) is 4.05. The first-order valence-corrected chi connectivity index (χ1v) is 8.63. The number of rotatable bonds is 3. The Morgan fingerprint density at radius 3 is 2.68 bits per heavy atom. The highest BCUT2D eigenvalue weighted by Crippen LogP contribution is 2.31. The molecule has 4 heteroatoms. The average Bonchev–Trinajstić information content (AvgIpc) is 2.56. The normalized spacial score (nSPS) is 24.4. The van der Waals surface area contributed by atoms with E-state index >= 15 is 0 Å². The monoisotopic (exact) mass is 301 g/mol. The van der Waals surface area contributed by atoms with E-state index in [0.717, 1.165) is 38.4 Å². The third kappa shape index (κ3) is 3.67. The molecule has 3 rings (SSSR count). The van der Waals surface area contributed by atoms with Crippen molar-refractivity contribution in [2.45, 2.75) is 51.6 Å². The fraction of sp³-hybridized carbons (Fsp3) is 0.667. The predicted molar refractivity (Wildman–Crippen MR) is 87.3 cm³/mol. The van der Waals surface area contributed by atoms with Gasteiger partial charge in [0.1, 0.15) is 0 Å². The number of hydrogen-bond acceptors (Lipinski definition) is 3. The Hall–Kier alpha value is -1.42. The molecule has 22 heavy (non-hydrogen) atoms. The lowest BCUT2D eigenvalue weighted by molar-refractivity contribution is -0.130. The van der Waals surface area contributed by atoms with E-state index in [1.807, 2.05) is 17.2 Å². The first-order chi connectivity index (χ1) is 10.7. The maximum atomic E-state index is 11.5. The van der Waals surface area contributed by atoms with E-state index in [9.17, 15) is 4.79 Å². The SMILES string of the molecule is CC(=O)N1CCC([C@@H]2CCCCN2Cc2ccccn2)CC1. The molecule has 2 saturated heterocycles. The van der Waals surface area contributed by atoms with Crippen LogP contribution in [0.5, 0.6) is 0 Å². The van der Waals surface area contributed by atoms with Crippen molar-refractivity contribution in [1.82, 2.24) is 14.8 Å². The predicted octanol–water partition coefficient (Wildman–Crippen LogP) is 2.69. The van der Waals surface area contributed by atoms with Crippen LogP contribution in [0.2, 0.25) is 0 Å². The summed E-state index contributed by atoms with van der Waals surface area (Å²) in [5.41, 5.74) is 1.18. The van der Waals surface area contributed by atoms with Gasteiger partial charge in [0.2, 0.25) is 5.91 Å². The van der Waals surface area contributed by atoms with Crippen LogP contribution < -0.4 is 0 Å². The zero-order valence-corrected chi connectivity index (χ0v) is 13.6. The molecule has 0 aliphatic carbocycles. The fourth-order valence-corrected chi connectivity index (χ4v) is 4.05. The van der Waals surface area contributed by atoms with Crippen molar-refractivity contribution in [3.63, 3.8) is 0 Å². The number of amides is 1. The molecule has 1 atom stereocenters. The number of aromatic nitrogens is 1. The van der Waals surface area contributed by atoms with E-state index in [4.69, 9.17) is 0 Å². The van der Waals surface area contributed by atoms with Crippen LogP contribution in [0.3, 0.4) is 0 Å². The third-order valence-corrected chi connectivity index (χ3v) is 5.28. The molecule has 4 nitrogen and oxygen atoms in total. The first kappa shape index (κ1) is 15.5. The average molecular weight is 301 g/mol. The molecule has 120 valence electrons. The van der Waals surface area contributed by atoms with Gasteiger partial charge in [0, 0.05) is 38.8 Å². The number of likely N-dealkylation sites (tertiary alicyclic amines) is 2. The van der Waals surface area contributed by atoms with Gasteiger partial charge in [-0.2, -0.15) is 0 Å². The van der Waals surface area contributed by atoms with Crippen molar-refractivity contribution in [1.29, 1.82) is 0 Å². The maximum absolute atomic E-state index is 11.5. The summed E-state index contributed by atoms with van der Waals surface area (Å²) < 4.78 is 0. The summed E-state index contributed by atoms with van der Waals surface area (Å²) in [6, 6.07) is 6.86. The minimum Gasteiger partial charge on any atom is -0.343 e. The van der Waals surface area contributed by atoms with Crippen molar-refractivity contribution in [3.8, 4) is 0 Å². The molecule has 1 aromatic heterocycles. The Morgan fingerprint density at radius 1 is 1.18 bits per heavy atom. The Kier molecular flexibility index (Phi) is 5.08. The van der Waals surface area contributed by atoms with Crippen LogP contribution in [-0.2, 0) is 11.3 Å². The molecular formula is C18H27N3O. The lowest BCUT2D eigenvalue weighted by Gasteiger charge is -2.43. The Bertz CT molecular complexity index is 482. The van der Waals surface area contributed by atoms with Gasteiger partial charge in [-0.15, -0.1) is 0 Å². The number of carbonyl (C=O) groups excluding carboxylic acids is 1. The van der Waals surface area contributed by atoms with Gasteiger partial charge in [0.05, 0.1) is 5.69 Å². The second kappa shape index (κ2) is 7.23. The summed E-state index contributed by atoms with van der Waals surface area (Å²) in [6.45, 7) is 5.72. The highest BCUT2D eigenvalue weighted by molar-refractivity contribution is 5.73. The number of nitrogens with zero attached hydrogens (tertiary/aromatic N) is 3. The molecule has 3 heterocycles. The molecular weight excluding hydrogens is 274 g/mol. The van der Waals surface area contributed by atoms with Gasteiger partial charge in [-0.25, -0.2) is 0 Å². The summed E-state index contributed by atoms with van der Waals surface area (Å²) >= 11 is 0. The molecule has 2 aliphatic rings. The van der Waals surface area contributed by atoms with E-state index in [-0.39, 0.29) is 5.91 Å².